The maximum absolute atomic E-state index is 13.9. The van der Waals surface area contributed by atoms with Crippen LogP contribution in [0.1, 0.15) is 46.5 Å². The molecule has 1 aliphatic rings. The first-order valence-corrected chi connectivity index (χ1v) is 13.4. The molecule has 0 saturated carbocycles. The zero-order valence-electron chi connectivity index (χ0n) is 21.1. The molecule has 1 amide bonds. The highest BCUT2D eigenvalue weighted by Gasteiger charge is 2.36. The highest BCUT2D eigenvalue weighted by atomic mass is 32.2. The monoisotopic (exact) mass is 529 g/mol. The van der Waals surface area contributed by atoms with E-state index >= 15 is 0 Å². The number of carbonyl (C=O) groups excluding carboxylic acids is 1. The van der Waals surface area contributed by atoms with Crippen LogP contribution in [0.25, 0.3) is 12.2 Å². The molecule has 2 heterocycles. The molecule has 10 heteroatoms. The molecule has 3 aromatic rings. The van der Waals surface area contributed by atoms with Gasteiger partial charge in [0.2, 0.25) is 15.9 Å². The number of hydrogen-bond acceptors (Lipinski definition) is 5. The van der Waals surface area contributed by atoms with Gasteiger partial charge < -0.3 is 9.84 Å². The van der Waals surface area contributed by atoms with Crippen LogP contribution in [0.4, 0.5) is 14.5 Å². The summed E-state index contributed by atoms with van der Waals surface area (Å²) in [6.07, 6.45) is 3.96. The Labute approximate surface area is 215 Å². The van der Waals surface area contributed by atoms with Crippen molar-refractivity contribution in [1.29, 1.82) is 0 Å². The van der Waals surface area contributed by atoms with Gasteiger partial charge in [0.15, 0.2) is 10.7 Å². The topological polar surface area (TPSA) is 92.5 Å². The Morgan fingerprint density at radius 2 is 1.70 bits per heavy atom. The fraction of sp³-hybridized carbons (Fsp3) is 0.333. The van der Waals surface area contributed by atoms with Crippen molar-refractivity contribution in [3.63, 3.8) is 0 Å². The maximum atomic E-state index is 13.9. The number of nitrogens with zero attached hydrogens (tertiary/aromatic N) is 2. The molecular formula is C27H29F2N3O4S. The van der Waals surface area contributed by atoms with E-state index in [0.717, 1.165) is 34.4 Å². The van der Waals surface area contributed by atoms with Crippen molar-refractivity contribution in [2.45, 2.75) is 45.4 Å². The van der Waals surface area contributed by atoms with Gasteiger partial charge >= 0.3 is 0 Å². The van der Waals surface area contributed by atoms with Crippen molar-refractivity contribution < 1.29 is 26.5 Å². The van der Waals surface area contributed by atoms with Crippen molar-refractivity contribution in [3.8, 4) is 0 Å². The van der Waals surface area contributed by atoms with E-state index in [2.05, 4.69) is 22.6 Å². The summed E-state index contributed by atoms with van der Waals surface area (Å²) in [5, 5.41) is 6.36. The number of aromatic nitrogens is 1. The summed E-state index contributed by atoms with van der Waals surface area (Å²) in [7, 11) is -3.94. The number of halogens is 2. The second-order valence-corrected chi connectivity index (χ2v) is 11.3. The number of sulfonamides is 1. The molecule has 0 atom stereocenters. The van der Waals surface area contributed by atoms with Crippen LogP contribution in [-0.4, -0.2) is 36.9 Å². The molecule has 1 fully saturated rings. The first-order chi connectivity index (χ1) is 17.5. The highest BCUT2D eigenvalue weighted by Crippen LogP contribution is 2.30. The Bertz CT molecular complexity index is 1450. The van der Waals surface area contributed by atoms with Gasteiger partial charge in [-0.15, -0.1) is 0 Å². The van der Waals surface area contributed by atoms with E-state index in [1.54, 1.807) is 13.0 Å². The van der Waals surface area contributed by atoms with Crippen LogP contribution < -0.4 is 5.32 Å². The highest BCUT2D eigenvalue weighted by molar-refractivity contribution is 7.89. The van der Waals surface area contributed by atoms with Crippen molar-refractivity contribution in [3.05, 3.63) is 75.7 Å². The van der Waals surface area contributed by atoms with E-state index in [-0.39, 0.29) is 48.0 Å². The van der Waals surface area contributed by atoms with Crippen LogP contribution in [0.3, 0.4) is 0 Å². The molecule has 1 aromatic heterocycles. The third kappa shape index (κ3) is 5.65. The standard InChI is InChI=1S/C27H29F2N3O4S/c1-16-13-17(2)22(18(3)14-16)6-8-25-26(19(4)31-36-25)37(34,35)32-11-9-20(10-12-32)27(33)30-24-7-5-21(28)15-23(24)29/h5-8,13-15,20H,9-12H2,1-4H3,(H,30,33)/b8-6+. The van der Waals surface area contributed by atoms with Crippen LogP contribution in [-0.2, 0) is 14.8 Å². The fourth-order valence-corrected chi connectivity index (χ4v) is 6.44. The van der Waals surface area contributed by atoms with Gasteiger partial charge in [-0.1, -0.05) is 28.9 Å². The van der Waals surface area contributed by atoms with Crippen molar-refractivity contribution >= 4 is 33.8 Å². The van der Waals surface area contributed by atoms with Gasteiger partial charge in [-0.25, -0.2) is 17.2 Å². The van der Waals surface area contributed by atoms with Crippen LogP contribution in [0.15, 0.2) is 39.8 Å². The number of rotatable bonds is 6. The van der Waals surface area contributed by atoms with E-state index in [4.69, 9.17) is 4.52 Å². The summed E-state index contributed by atoms with van der Waals surface area (Å²) < 4.78 is 60.8. The zero-order chi connectivity index (χ0) is 26.9. The molecule has 0 aliphatic carbocycles. The molecule has 0 bridgehead atoms. The molecule has 0 spiro atoms. The van der Waals surface area contributed by atoms with Crippen LogP contribution in [0.5, 0.6) is 0 Å². The lowest BCUT2D eigenvalue weighted by Crippen LogP contribution is -2.41. The number of amides is 1. The Morgan fingerprint density at radius 3 is 2.32 bits per heavy atom. The molecule has 4 rings (SSSR count). The average molecular weight is 530 g/mol. The lowest BCUT2D eigenvalue weighted by molar-refractivity contribution is -0.120. The number of anilines is 1. The van der Waals surface area contributed by atoms with Crippen LogP contribution in [0.2, 0.25) is 0 Å². The number of hydrogen-bond donors (Lipinski definition) is 1. The first kappa shape index (κ1) is 26.7. The Balaban J connectivity index is 1.48. The predicted octanol–water partition coefficient (Wildman–Crippen LogP) is 5.40. The SMILES string of the molecule is Cc1cc(C)c(/C=C/c2onc(C)c2S(=O)(=O)N2CCC(C(=O)Nc3ccc(F)cc3F)CC2)c(C)c1. The van der Waals surface area contributed by atoms with Gasteiger partial charge in [-0.05, 0) is 75.4 Å². The van der Waals surface area contributed by atoms with Crippen LogP contribution in [0, 0.1) is 45.2 Å². The van der Waals surface area contributed by atoms with Gasteiger partial charge in [0.25, 0.3) is 0 Å². The molecule has 1 saturated heterocycles. The molecule has 196 valence electrons. The second-order valence-electron chi connectivity index (χ2n) is 9.40. The van der Waals surface area contributed by atoms with Crippen LogP contribution >= 0.6 is 0 Å². The quantitative estimate of drug-likeness (QED) is 0.462. The summed E-state index contributed by atoms with van der Waals surface area (Å²) in [5.41, 5.74) is 4.39. The number of benzene rings is 2. The predicted molar refractivity (Wildman–Crippen MR) is 137 cm³/mol. The average Bonchev–Trinajstić information content (AvgIpc) is 3.21. The smallest absolute Gasteiger partial charge is 0.248 e. The lowest BCUT2D eigenvalue weighted by Gasteiger charge is -2.30. The second kappa shape index (κ2) is 10.5. The lowest BCUT2D eigenvalue weighted by atomic mass is 9.97. The maximum Gasteiger partial charge on any atom is 0.248 e. The van der Waals surface area contributed by atoms with Gasteiger partial charge in [0, 0.05) is 25.1 Å². The Hall–Kier alpha value is -3.37. The zero-order valence-corrected chi connectivity index (χ0v) is 22.0. The number of carbonyl (C=O) groups is 1. The number of aryl methyl sites for hydroxylation is 4. The summed E-state index contributed by atoms with van der Waals surface area (Å²) in [5.74, 6) is -2.41. The molecule has 2 aromatic carbocycles. The fourth-order valence-electron chi connectivity index (χ4n) is 4.72. The van der Waals surface area contributed by atoms with Crippen molar-refractivity contribution in [2.24, 2.45) is 5.92 Å². The summed E-state index contributed by atoms with van der Waals surface area (Å²) in [4.78, 5) is 12.6. The summed E-state index contributed by atoms with van der Waals surface area (Å²) in [6.45, 7) is 7.80. The van der Waals surface area contributed by atoms with Gasteiger partial charge in [0.05, 0.1) is 5.69 Å². The van der Waals surface area contributed by atoms with Gasteiger partial charge in [-0.2, -0.15) is 4.31 Å². The summed E-state index contributed by atoms with van der Waals surface area (Å²) in [6, 6.07) is 7.02. The minimum absolute atomic E-state index is 0.00227. The third-order valence-corrected chi connectivity index (χ3v) is 8.64. The molecule has 7 nitrogen and oxygen atoms in total. The minimum Gasteiger partial charge on any atom is -0.355 e. The van der Waals surface area contributed by atoms with Crippen molar-refractivity contribution in [2.75, 3.05) is 18.4 Å². The van der Waals surface area contributed by atoms with E-state index in [0.29, 0.717) is 6.07 Å². The molecule has 37 heavy (non-hydrogen) atoms. The summed E-state index contributed by atoms with van der Waals surface area (Å²) >= 11 is 0. The molecule has 0 unspecified atom stereocenters. The Kier molecular flexibility index (Phi) is 7.61. The first-order valence-electron chi connectivity index (χ1n) is 12.0. The molecule has 1 N–H and O–H groups in total. The van der Waals surface area contributed by atoms with Gasteiger partial charge in [-0.3, -0.25) is 4.79 Å². The largest absolute Gasteiger partial charge is 0.355 e. The van der Waals surface area contributed by atoms with Gasteiger partial charge in [0.1, 0.15) is 17.3 Å². The van der Waals surface area contributed by atoms with E-state index in [1.807, 2.05) is 26.8 Å². The number of piperidine rings is 1. The van der Waals surface area contributed by atoms with E-state index < -0.39 is 33.5 Å². The minimum atomic E-state index is -3.94. The van der Waals surface area contributed by atoms with E-state index in [1.165, 1.54) is 4.31 Å². The third-order valence-electron chi connectivity index (χ3n) is 6.58. The normalized spacial score (nSPS) is 15.4. The molecular weight excluding hydrogens is 500 g/mol. The number of nitrogens with one attached hydrogen (secondary N) is 1. The van der Waals surface area contributed by atoms with Crippen molar-refractivity contribution in [1.82, 2.24) is 9.46 Å². The Morgan fingerprint density at radius 1 is 1.05 bits per heavy atom. The van der Waals surface area contributed by atoms with E-state index in [9.17, 15) is 22.0 Å². The molecule has 1 aliphatic heterocycles. The molecule has 0 radical (unpaired) electrons.